The maximum atomic E-state index is 13.3. The zero-order chi connectivity index (χ0) is 24.6. The first-order valence-electron chi connectivity index (χ1n) is 12.5. The lowest BCUT2D eigenvalue weighted by Gasteiger charge is -2.40. The molecule has 1 aromatic heterocycles. The number of carbonyl (C=O) groups is 2. The number of amides is 2. The van der Waals surface area contributed by atoms with E-state index in [9.17, 15) is 14.4 Å². The Morgan fingerprint density at radius 1 is 1.15 bits per heavy atom. The first-order valence-corrected chi connectivity index (χ1v) is 15.4. The van der Waals surface area contributed by atoms with E-state index in [0.29, 0.717) is 18.3 Å². The third kappa shape index (κ3) is 3.44. The third-order valence-electron chi connectivity index (χ3n) is 9.29. The number of nitrogens with one attached hydrogen (secondary N) is 1. The fourth-order valence-electron chi connectivity index (χ4n) is 6.27. The molecule has 34 heavy (non-hydrogen) atoms. The van der Waals surface area contributed by atoms with Crippen molar-refractivity contribution in [2.75, 3.05) is 6.61 Å². The number of rotatable bonds is 5. The van der Waals surface area contributed by atoms with Gasteiger partial charge in [-0.2, -0.15) is 0 Å². The van der Waals surface area contributed by atoms with Crippen molar-refractivity contribution in [3.8, 4) is 0 Å². The van der Waals surface area contributed by atoms with Crippen LogP contribution in [0.4, 0.5) is 0 Å². The van der Waals surface area contributed by atoms with Gasteiger partial charge in [0.1, 0.15) is 6.04 Å². The molecule has 8 heteroatoms. The molecular formula is C26H37N3O4Si. The van der Waals surface area contributed by atoms with Gasteiger partial charge in [0.2, 0.25) is 11.8 Å². The Balaban J connectivity index is 1.46. The zero-order valence-electron chi connectivity index (χ0n) is 21.2. The quantitative estimate of drug-likeness (QED) is 0.515. The van der Waals surface area contributed by atoms with E-state index in [1.54, 1.807) is 16.2 Å². The molecule has 6 rings (SSSR count). The molecule has 184 valence electrons. The highest BCUT2D eigenvalue weighted by Gasteiger charge is 2.57. The first-order chi connectivity index (χ1) is 15.8. The number of carbonyl (C=O) groups excluding carboxylic acids is 2. The summed E-state index contributed by atoms with van der Waals surface area (Å²) in [6, 6.07) is 5.47. The Labute approximate surface area is 202 Å². The molecule has 3 saturated carbocycles. The van der Waals surface area contributed by atoms with Crippen LogP contribution in [0.2, 0.25) is 18.1 Å². The molecule has 2 aromatic rings. The molecule has 4 fully saturated rings. The van der Waals surface area contributed by atoms with Gasteiger partial charge in [-0.1, -0.05) is 32.9 Å². The van der Waals surface area contributed by atoms with Crippen molar-refractivity contribution in [3.05, 3.63) is 34.2 Å². The van der Waals surface area contributed by atoms with Gasteiger partial charge < -0.3 is 4.43 Å². The number of para-hydroxylation sites is 1. The third-order valence-corrected chi connectivity index (χ3v) is 13.8. The van der Waals surface area contributed by atoms with Crippen LogP contribution < -0.4 is 11.0 Å². The summed E-state index contributed by atoms with van der Waals surface area (Å²) in [4.78, 5) is 37.5. The minimum atomic E-state index is -1.79. The number of imide groups is 1. The fraction of sp³-hybridized carbons (Fsp3) is 0.654. The average molecular weight is 484 g/mol. The smallest absolute Gasteiger partial charge is 0.329 e. The predicted octanol–water partition coefficient (Wildman–Crippen LogP) is 4.01. The number of aromatic nitrogens is 2. The molecule has 1 aromatic carbocycles. The van der Waals surface area contributed by atoms with Gasteiger partial charge in [0.05, 0.1) is 11.0 Å². The molecule has 2 amide bonds. The van der Waals surface area contributed by atoms with Crippen molar-refractivity contribution in [1.82, 2.24) is 14.5 Å². The van der Waals surface area contributed by atoms with E-state index in [2.05, 4.69) is 45.2 Å². The van der Waals surface area contributed by atoms with E-state index in [1.807, 2.05) is 12.1 Å². The number of fused-ring (bicyclic) bond motifs is 2. The van der Waals surface area contributed by atoms with Gasteiger partial charge in [-0.05, 0) is 72.7 Å². The minimum Gasteiger partial charge on any atom is -0.417 e. The van der Waals surface area contributed by atoms with Gasteiger partial charge in [0.15, 0.2) is 8.32 Å². The van der Waals surface area contributed by atoms with Crippen LogP contribution in [-0.4, -0.2) is 35.9 Å². The number of imidazole rings is 1. The zero-order valence-corrected chi connectivity index (χ0v) is 22.2. The average Bonchev–Trinajstić information content (AvgIpc) is 3.35. The van der Waals surface area contributed by atoms with E-state index < -0.39 is 14.4 Å². The number of hydrogen-bond donors (Lipinski definition) is 1. The molecule has 0 spiro atoms. The van der Waals surface area contributed by atoms with Crippen molar-refractivity contribution in [2.45, 2.75) is 82.5 Å². The molecule has 2 bridgehead atoms. The highest BCUT2D eigenvalue weighted by Crippen LogP contribution is 2.63. The highest BCUT2D eigenvalue weighted by molar-refractivity contribution is 6.74. The van der Waals surface area contributed by atoms with E-state index >= 15 is 0 Å². The van der Waals surface area contributed by atoms with E-state index in [4.69, 9.17) is 4.43 Å². The summed E-state index contributed by atoms with van der Waals surface area (Å²) < 4.78 is 9.90. The second kappa shape index (κ2) is 7.65. The summed E-state index contributed by atoms with van der Waals surface area (Å²) in [7, 11) is 0.0167. The second-order valence-corrected chi connectivity index (χ2v) is 17.1. The maximum Gasteiger partial charge on any atom is 0.329 e. The number of benzene rings is 1. The molecule has 4 aliphatic rings. The van der Waals surface area contributed by atoms with Gasteiger partial charge in [-0.25, -0.2) is 4.79 Å². The molecule has 7 nitrogen and oxygen atoms in total. The van der Waals surface area contributed by atoms with Gasteiger partial charge in [0.25, 0.3) is 0 Å². The first kappa shape index (κ1) is 23.5. The van der Waals surface area contributed by atoms with Gasteiger partial charge in [-0.3, -0.25) is 24.0 Å². The van der Waals surface area contributed by atoms with Crippen molar-refractivity contribution in [2.24, 2.45) is 18.9 Å². The van der Waals surface area contributed by atoms with Gasteiger partial charge in [0, 0.05) is 20.1 Å². The topological polar surface area (TPSA) is 82.3 Å². The standard InChI is InChI=1S/C26H37N3O4Si/c1-25(2,3)34(5,6)33-15-17-14-26(12-16(17)13-26)18-8-7-9-19-22(18)28(4)24(32)29(19)20-10-11-21(30)27-23(20)31/h7-9,16-17,20H,10-15H2,1-6H3,(H,27,30,31). The largest absolute Gasteiger partial charge is 0.417 e. The summed E-state index contributed by atoms with van der Waals surface area (Å²) >= 11 is 0. The Morgan fingerprint density at radius 3 is 2.50 bits per heavy atom. The fourth-order valence-corrected chi connectivity index (χ4v) is 7.33. The molecular weight excluding hydrogens is 446 g/mol. The molecule has 2 heterocycles. The predicted molar refractivity (Wildman–Crippen MR) is 134 cm³/mol. The van der Waals surface area contributed by atoms with Crippen molar-refractivity contribution < 1.29 is 14.0 Å². The normalized spacial score (nSPS) is 29.4. The molecule has 1 N–H and O–H groups in total. The number of hydrogen-bond acceptors (Lipinski definition) is 4. The van der Waals surface area contributed by atoms with Crippen LogP contribution in [-0.2, 0) is 26.5 Å². The van der Waals surface area contributed by atoms with Crippen LogP contribution in [0.3, 0.4) is 0 Å². The van der Waals surface area contributed by atoms with Crippen molar-refractivity contribution in [3.63, 3.8) is 0 Å². The molecule has 1 saturated heterocycles. The van der Waals surface area contributed by atoms with Crippen LogP contribution >= 0.6 is 0 Å². The van der Waals surface area contributed by atoms with Crippen LogP contribution in [0.25, 0.3) is 11.0 Å². The second-order valence-electron chi connectivity index (χ2n) is 12.3. The van der Waals surface area contributed by atoms with Gasteiger partial charge >= 0.3 is 5.69 Å². The number of piperidine rings is 1. The summed E-state index contributed by atoms with van der Waals surface area (Å²) in [5.74, 6) is 0.571. The van der Waals surface area contributed by atoms with Crippen LogP contribution in [0.15, 0.2) is 23.0 Å². The van der Waals surface area contributed by atoms with Crippen molar-refractivity contribution >= 4 is 31.2 Å². The number of aryl methyl sites for hydroxylation is 1. The Kier molecular flexibility index (Phi) is 5.30. The highest BCUT2D eigenvalue weighted by atomic mass is 28.4. The number of nitrogens with zero attached hydrogens (tertiary/aromatic N) is 2. The summed E-state index contributed by atoms with van der Waals surface area (Å²) in [5.41, 5.74) is 2.83. The Morgan fingerprint density at radius 2 is 1.85 bits per heavy atom. The molecule has 1 aliphatic heterocycles. The van der Waals surface area contributed by atoms with Crippen LogP contribution in [0.1, 0.15) is 64.5 Å². The molecule has 2 unspecified atom stereocenters. The van der Waals surface area contributed by atoms with E-state index in [1.165, 1.54) is 5.56 Å². The van der Waals surface area contributed by atoms with Crippen molar-refractivity contribution in [1.29, 1.82) is 0 Å². The van der Waals surface area contributed by atoms with E-state index in [-0.39, 0.29) is 34.4 Å². The monoisotopic (exact) mass is 483 g/mol. The van der Waals surface area contributed by atoms with Crippen LogP contribution in [0.5, 0.6) is 0 Å². The maximum absolute atomic E-state index is 13.3. The summed E-state index contributed by atoms with van der Waals surface area (Å²) in [6.07, 6.45) is 3.96. The lowest BCUT2D eigenvalue weighted by molar-refractivity contribution is -0.135. The minimum absolute atomic E-state index is 0.0762. The molecule has 2 atom stereocenters. The Hall–Kier alpha value is -2.19. The van der Waals surface area contributed by atoms with E-state index in [0.717, 1.165) is 36.9 Å². The molecule has 0 radical (unpaired) electrons. The SMILES string of the molecule is Cn1c(=O)n(C2CCC(=O)NC2=O)c2cccc(C34CC(CO[Si](C)(C)C(C)(C)C)C(C3)C4)c21. The van der Waals surface area contributed by atoms with Crippen LogP contribution in [0, 0.1) is 11.8 Å². The Bertz CT molecular complexity index is 1230. The van der Waals surface area contributed by atoms with Gasteiger partial charge in [-0.15, -0.1) is 0 Å². The summed E-state index contributed by atoms with van der Waals surface area (Å²) in [5, 5.41) is 2.60. The summed E-state index contributed by atoms with van der Waals surface area (Å²) in [6.45, 7) is 12.3. The lowest BCUT2D eigenvalue weighted by Crippen LogP contribution is -2.44. The lowest BCUT2D eigenvalue weighted by atomic mass is 9.65. The molecule has 3 aliphatic carbocycles.